The molecule has 2 heteroatoms. The van der Waals surface area contributed by atoms with Gasteiger partial charge in [-0.2, -0.15) is 0 Å². The second kappa shape index (κ2) is 9.11. The molecule has 0 aromatic heterocycles. The van der Waals surface area contributed by atoms with Gasteiger partial charge in [0.1, 0.15) is 0 Å². The van der Waals surface area contributed by atoms with E-state index >= 15 is 0 Å². The molecule has 0 radical (unpaired) electrons. The van der Waals surface area contributed by atoms with Crippen LogP contribution in [0.3, 0.4) is 0 Å². The molecule has 1 aliphatic rings. The lowest BCUT2D eigenvalue weighted by molar-refractivity contribution is 0.0153. The molecular formula is C17H29NO. The fourth-order valence-corrected chi connectivity index (χ4v) is 2.41. The number of unbranched alkanes of at least 4 members (excludes halogenated alkanes) is 2. The van der Waals surface area contributed by atoms with E-state index in [4.69, 9.17) is 0 Å². The number of aliphatic hydroxyl groups is 1. The maximum atomic E-state index is 9.79. The van der Waals surface area contributed by atoms with E-state index in [0.717, 1.165) is 12.8 Å². The van der Waals surface area contributed by atoms with Crippen LogP contribution in [0.25, 0.3) is 0 Å². The SMILES string of the molecule is CCCC/C=C/C=C/C=C/[C@@H]1CC[C@@H](O)[C@H](C)N1C. The number of likely N-dealkylation sites (tertiary alicyclic amines) is 1. The smallest absolute Gasteiger partial charge is 0.0693 e. The Morgan fingerprint density at radius 1 is 1.16 bits per heavy atom. The van der Waals surface area contributed by atoms with Gasteiger partial charge in [-0.1, -0.05) is 56.2 Å². The summed E-state index contributed by atoms with van der Waals surface area (Å²) < 4.78 is 0. The average Bonchev–Trinajstić information content (AvgIpc) is 2.41. The van der Waals surface area contributed by atoms with Gasteiger partial charge in [-0.05, 0) is 33.2 Å². The number of piperidine rings is 1. The van der Waals surface area contributed by atoms with Gasteiger partial charge in [0.05, 0.1) is 6.10 Å². The van der Waals surface area contributed by atoms with Gasteiger partial charge in [-0.25, -0.2) is 0 Å². The molecule has 108 valence electrons. The van der Waals surface area contributed by atoms with Gasteiger partial charge in [-0.3, -0.25) is 4.90 Å². The minimum absolute atomic E-state index is 0.174. The van der Waals surface area contributed by atoms with Crippen LogP contribution in [0.2, 0.25) is 0 Å². The largest absolute Gasteiger partial charge is 0.392 e. The van der Waals surface area contributed by atoms with E-state index in [1.54, 1.807) is 0 Å². The van der Waals surface area contributed by atoms with Crippen LogP contribution in [0.15, 0.2) is 36.5 Å². The Bertz CT molecular complexity index is 319. The van der Waals surface area contributed by atoms with Crippen LogP contribution in [0.5, 0.6) is 0 Å². The molecule has 1 N–H and O–H groups in total. The van der Waals surface area contributed by atoms with Crippen molar-refractivity contribution in [1.82, 2.24) is 4.90 Å². The molecule has 2 nitrogen and oxygen atoms in total. The number of aliphatic hydroxyl groups excluding tert-OH is 1. The Hall–Kier alpha value is -0.860. The molecule has 1 aliphatic heterocycles. The van der Waals surface area contributed by atoms with Crippen molar-refractivity contribution >= 4 is 0 Å². The van der Waals surface area contributed by atoms with Crippen LogP contribution < -0.4 is 0 Å². The van der Waals surface area contributed by atoms with Crippen LogP contribution in [-0.4, -0.2) is 35.2 Å². The first-order valence-electron chi connectivity index (χ1n) is 7.56. The summed E-state index contributed by atoms with van der Waals surface area (Å²) in [5.74, 6) is 0. The molecule has 1 rings (SSSR count). The van der Waals surface area contributed by atoms with Crippen molar-refractivity contribution in [2.75, 3.05) is 7.05 Å². The third-order valence-corrected chi connectivity index (χ3v) is 4.01. The first-order valence-corrected chi connectivity index (χ1v) is 7.56. The van der Waals surface area contributed by atoms with Gasteiger partial charge < -0.3 is 5.11 Å². The normalized spacial score (nSPS) is 30.0. The number of hydrogen-bond donors (Lipinski definition) is 1. The van der Waals surface area contributed by atoms with Crippen molar-refractivity contribution in [2.45, 2.75) is 64.1 Å². The predicted molar refractivity (Wildman–Crippen MR) is 83.2 cm³/mol. The van der Waals surface area contributed by atoms with E-state index in [1.807, 2.05) is 0 Å². The molecular weight excluding hydrogens is 234 g/mol. The molecule has 0 bridgehead atoms. The number of likely N-dealkylation sites (N-methyl/N-ethyl adjacent to an activating group) is 1. The molecule has 19 heavy (non-hydrogen) atoms. The maximum Gasteiger partial charge on any atom is 0.0693 e. The Balaban J connectivity index is 2.32. The van der Waals surface area contributed by atoms with E-state index < -0.39 is 0 Å². The third-order valence-electron chi connectivity index (χ3n) is 4.01. The molecule has 0 unspecified atom stereocenters. The molecule has 1 heterocycles. The summed E-state index contributed by atoms with van der Waals surface area (Å²) in [6.07, 6.45) is 18.3. The topological polar surface area (TPSA) is 23.5 Å². The molecule has 0 amide bonds. The second-order valence-corrected chi connectivity index (χ2v) is 5.46. The molecule has 1 saturated heterocycles. The molecule has 3 atom stereocenters. The third kappa shape index (κ3) is 5.75. The van der Waals surface area contributed by atoms with Gasteiger partial charge in [0.2, 0.25) is 0 Å². The van der Waals surface area contributed by atoms with E-state index in [1.165, 1.54) is 19.3 Å². The minimum atomic E-state index is -0.174. The highest BCUT2D eigenvalue weighted by atomic mass is 16.3. The lowest BCUT2D eigenvalue weighted by Crippen LogP contribution is -2.48. The zero-order chi connectivity index (χ0) is 14.1. The predicted octanol–water partition coefficient (Wildman–Crippen LogP) is 3.69. The highest BCUT2D eigenvalue weighted by Gasteiger charge is 2.28. The van der Waals surface area contributed by atoms with Crippen molar-refractivity contribution in [3.8, 4) is 0 Å². The van der Waals surface area contributed by atoms with E-state index in [-0.39, 0.29) is 12.1 Å². The average molecular weight is 263 g/mol. The zero-order valence-corrected chi connectivity index (χ0v) is 12.6. The fraction of sp³-hybridized carbons (Fsp3) is 0.647. The molecule has 0 aliphatic carbocycles. The van der Waals surface area contributed by atoms with Crippen LogP contribution >= 0.6 is 0 Å². The summed E-state index contributed by atoms with van der Waals surface area (Å²) in [6, 6.07) is 0.702. The summed E-state index contributed by atoms with van der Waals surface area (Å²) in [6.45, 7) is 4.31. The molecule has 0 spiro atoms. The highest BCUT2D eigenvalue weighted by Crippen LogP contribution is 2.22. The van der Waals surface area contributed by atoms with Crippen molar-refractivity contribution in [3.05, 3.63) is 36.5 Å². The lowest BCUT2D eigenvalue weighted by Gasteiger charge is -2.39. The van der Waals surface area contributed by atoms with Crippen LogP contribution in [0.1, 0.15) is 46.0 Å². The van der Waals surface area contributed by atoms with Crippen molar-refractivity contribution in [1.29, 1.82) is 0 Å². The van der Waals surface area contributed by atoms with Crippen molar-refractivity contribution in [3.63, 3.8) is 0 Å². The van der Waals surface area contributed by atoms with Crippen LogP contribution in [-0.2, 0) is 0 Å². The summed E-state index contributed by atoms with van der Waals surface area (Å²) in [5, 5.41) is 9.79. The molecule has 0 aromatic rings. The Morgan fingerprint density at radius 2 is 1.89 bits per heavy atom. The zero-order valence-electron chi connectivity index (χ0n) is 12.6. The highest BCUT2D eigenvalue weighted by molar-refractivity contribution is 5.13. The molecule has 0 saturated carbocycles. The fourth-order valence-electron chi connectivity index (χ4n) is 2.41. The first kappa shape index (κ1) is 16.2. The molecule has 0 aromatic carbocycles. The number of allylic oxidation sites excluding steroid dienone is 5. The van der Waals surface area contributed by atoms with Gasteiger partial charge in [0.15, 0.2) is 0 Å². The number of hydrogen-bond acceptors (Lipinski definition) is 2. The number of rotatable bonds is 6. The number of nitrogens with zero attached hydrogens (tertiary/aromatic N) is 1. The van der Waals surface area contributed by atoms with E-state index in [9.17, 15) is 5.11 Å². The van der Waals surface area contributed by atoms with Crippen molar-refractivity contribution < 1.29 is 5.11 Å². The second-order valence-electron chi connectivity index (χ2n) is 5.46. The maximum absolute atomic E-state index is 9.79. The first-order chi connectivity index (χ1) is 9.16. The van der Waals surface area contributed by atoms with Crippen LogP contribution in [0, 0.1) is 0 Å². The van der Waals surface area contributed by atoms with Gasteiger partial charge in [-0.15, -0.1) is 0 Å². The monoisotopic (exact) mass is 263 g/mol. The minimum Gasteiger partial charge on any atom is -0.392 e. The summed E-state index contributed by atoms with van der Waals surface area (Å²) in [5.41, 5.74) is 0. The lowest BCUT2D eigenvalue weighted by atomic mass is 9.94. The van der Waals surface area contributed by atoms with E-state index in [2.05, 4.69) is 62.3 Å². The standard InChI is InChI=1S/C17H29NO/c1-4-5-6-7-8-9-10-11-12-16-13-14-17(19)15(2)18(16)3/h7-12,15-17,19H,4-6,13-14H2,1-3H3/b8-7+,10-9+,12-11+/t15-,16+,17+/m0/s1. The van der Waals surface area contributed by atoms with Gasteiger partial charge in [0.25, 0.3) is 0 Å². The van der Waals surface area contributed by atoms with Crippen LogP contribution in [0.4, 0.5) is 0 Å². The van der Waals surface area contributed by atoms with Gasteiger partial charge >= 0.3 is 0 Å². The Labute approximate surface area is 118 Å². The van der Waals surface area contributed by atoms with Gasteiger partial charge in [0, 0.05) is 12.1 Å². The summed E-state index contributed by atoms with van der Waals surface area (Å²) in [4.78, 5) is 2.26. The van der Waals surface area contributed by atoms with E-state index in [0.29, 0.717) is 6.04 Å². The summed E-state index contributed by atoms with van der Waals surface area (Å²) >= 11 is 0. The molecule has 1 fully saturated rings. The van der Waals surface area contributed by atoms with Crippen molar-refractivity contribution in [2.24, 2.45) is 0 Å². The summed E-state index contributed by atoms with van der Waals surface area (Å²) in [7, 11) is 2.09. The Kier molecular flexibility index (Phi) is 7.76. The Morgan fingerprint density at radius 3 is 2.63 bits per heavy atom. The quantitative estimate of drug-likeness (QED) is 0.583.